The van der Waals surface area contributed by atoms with E-state index in [2.05, 4.69) is 5.32 Å². The molecule has 1 aliphatic heterocycles. The van der Waals surface area contributed by atoms with Gasteiger partial charge in [0.15, 0.2) is 11.5 Å². The number of ether oxygens (including phenoxy) is 3. The molecule has 154 valence electrons. The maximum atomic E-state index is 13.2. The Kier molecular flexibility index (Phi) is 4.88. The first kappa shape index (κ1) is 18.9. The molecular weight excluding hydrogens is 392 g/mol. The molecule has 5 rings (SSSR count). The highest BCUT2D eigenvalue weighted by Gasteiger charge is 2.17. The number of carbonyl (C=O) groups is 1. The van der Waals surface area contributed by atoms with E-state index >= 15 is 0 Å². The van der Waals surface area contributed by atoms with Crippen LogP contribution in [0.1, 0.15) is 15.9 Å². The van der Waals surface area contributed by atoms with Gasteiger partial charge < -0.3 is 19.5 Å². The second-order valence-electron chi connectivity index (χ2n) is 7.13. The summed E-state index contributed by atoms with van der Waals surface area (Å²) in [6.45, 7) is 0.569. The number of fused-ring (bicyclic) bond motifs is 2. The summed E-state index contributed by atoms with van der Waals surface area (Å²) in [6, 6.07) is 22.7. The first-order chi connectivity index (χ1) is 15.2. The summed E-state index contributed by atoms with van der Waals surface area (Å²) >= 11 is 0. The molecule has 0 bridgehead atoms. The molecule has 0 aliphatic carbocycles. The molecule has 1 aromatic heterocycles. The quantitative estimate of drug-likeness (QED) is 0.520. The molecule has 3 aromatic carbocycles. The van der Waals surface area contributed by atoms with Crippen LogP contribution in [0.5, 0.6) is 17.2 Å². The van der Waals surface area contributed by atoms with Crippen molar-refractivity contribution in [2.24, 2.45) is 0 Å². The zero-order chi connectivity index (χ0) is 21.2. The van der Waals surface area contributed by atoms with Crippen molar-refractivity contribution in [3.8, 4) is 28.5 Å². The molecule has 0 unspecified atom stereocenters. The van der Waals surface area contributed by atoms with Crippen LogP contribution in [0.3, 0.4) is 0 Å². The van der Waals surface area contributed by atoms with Gasteiger partial charge in [-0.1, -0.05) is 36.4 Å². The highest BCUT2D eigenvalue weighted by molar-refractivity contribution is 6.07. The van der Waals surface area contributed by atoms with Crippen molar-refractivity contribution in [3.05, 3.63) is 83.9 Å². The Bertz CT molecular complexity index is 1290. The number of pyridine rings is 1. The standard InChI is InChI=1S/C25H20N2O4/c1-29-22-9-5-2-6-17(22)14-26-25(28)19-13-21(27-20-8-4-3-7-18(19)20)16-10-11-23-24(12-16)31-15-30-23/h2-13H,14-15H2,1H3,(H,26,28). The van der Waals surface area contributed by atoms with Gasteiger partial charge in [-0.15, -0.1) is 0 Å². The van der Waals surface area contributed by atoms with Gasteiger partial charge in [0.25, 0.3) is 5.91 Å². The molecule has 0 atom stereocenters. The van der Waals surface area contributed by atoms with E-state index in [9.17, 15) is 4.79 Å². The van der Waals surface area contributed by atoms with Gasteiger partial charge in [-0.05, 0) is 36.4 Å². The predicted molar refractivity (Wildman–Crippen MR) is 117 cm³/mol. The third kappa shape index (κ3) is 3.64. The Labute approximate surface area is 179 Å². The van der Waals surface area contributed by atoms with Crippen molar-refractivity contribution in [2.45, 2.75) is 6.54 Å². The number of hydrogen-bond acceptors (Lipinski definition) is 5. The highest BCUT2D eigenvalue weighted by atomic mass is 16.7. The first-order valence-corrected chi connectivity index (χ1v) is 9.93. The SMILES string of the molecule is COc1ccccc1CNC(=O)c1cc(-c2ccc3c(c2)OCO3)nc2ccccc12. The van der Waals surface area contributed by atoms with Crippen LogP contribution < -0.4 is 19.5 Å². The molecule has 1 N–H and O–H groups in total. The van der Waals surface area contributed by atoms with Crippen LogP contribution in [0.15, 0.2) is 72.8 Å². The van der Waals surface area contributed by atoms with Crippen LogP contribution in [-0.2, 0) is 6.54 Å². The molecule has 1 amide bonds. The molecule has 1 aliphatic rings. The number of benzene rings is 3. The van der Waals surface area contributed by atoms with Crippen molar-refractivity contribution >= 4 is 16.8 Å². The molecule has 31 heavy (non-hydrogen) atoms. The topological polar surface area (TPSA) is 69.7 Å². The molecule has 0 saturated carbocycles. The van der Waals surface area contributed by atoms with Crippen LogP contribution in [0.4, 0.5) is 0 Å². The van der Waals surface area contributed by atoms with Gasteiger partial charge in [-0.2, -0.15) is 0 Å². The van der Waals surface area contributed by atoms with E-state index in [1.807, 2.05) is 72.8 Å². The number of methoxy groups -OCH3 is 1. The van der Waals surface area contributed by atoms with Crippen LogP contribution in [0.25, 0.3) is 22.2 Å². The maximum Gasteiger partial charge on any atom is 0.252 e. The van der Waals surface area contributed by atoms with Gasteiger partial charge in [0.1, 0.15) is 5.75 Å². The minimum absolute atomic E-state index is 0.175. The molecule has 4 aromatic rings. The summed E-state index contributed by atoms with van der Waals surface area (Å²) in [4.78, 5) is 17.9. The molecule has 0 saturated heterocycles. The Morgan fingerprint density at radius 2 is 1.81 bits per heavy atom. The van der Waals surface area contributed by atoms with Crippen molar-refractivity contribution < 1.29 is 19.0 Å². The third-order valence-corrected chi connectivity index (χ3v) is 5.26. The van der Waals surface area contributed by atoms with E-state index in [0.29, 0.717) is 29.3 Å². The lowest BCUT2D eigenvalue weighted by Crippen LogP contribution is -2.23. The Balaban J connectivity index is 1.51. The van der Waals surface area contributed by atoms with E-state index in [4.69, 9.17) is 19.2 Å². The second-order valence-corrected chi connectivity index (χ2v) is 7.13. The van der Waals surface area contributed by atoms with E-state index < -0.39 is 0 Å². The average molecular weight is 412 g/mol. The van der Waals surface area contributed by atoms with Crippen molar-refractivity contribution in [2.75, 3.05) is 13.9 Å². The number of carbonyl (C=O) groups excluding carboxylic acids is 1. The second kappa shape index (κ2) is 7.99. The van der Waals surface area contributed by atoms with Crippen LogP contribution in [0.2, 0.25) is 0 Å². The van der Waals surface area contributed by atoms with E-state index in [1.165, 1.54) is 0 Å². The largest absolute Gasteiger partial charge is 0.496 e. The summed E-state index contributed by atoms with van der Waals surface area (Å²) in [7, 11) is 1.62. The van der Waals surface area contributed by atoms with Gasteiger partial charge in [-0.3, -0.25) is 4.79 Å². The lowest BCUT2D eigenvalue weighted by Gasteiger charge is -2.12. The number of amides is 1. The fourth-order valence-electron chi connectivity index (χ4n) is 3.69. The smallest absolute Gasteiger partial charge is 0.252 e. The fraction of sp³-hybridized carbons (Fsp3) is 0.120. The Morgan fingerprint density at radius 1 is 1.00 bits per heavy atom. The number of rotatable bonds is 5. The predicted octanol–water partition coefficient (Wildman–Crippen LogP) is 4.57. The van der Waals surface area contributed by atoms with Gasteiger partial charge in [0.05, 0.1) is 23.9 Å². The van der Waals surface area contributed by atoms with E-state index in [-0.39, 0.29) is 12.7 Å². The van der Waals surface area contributed by atoms with Crippen molar-refractivity contribution in [1.82, 2.24) is 10.3 Å². The minimum atomic E-state index is -0.175. The van der Waals surface area contributed by atoms with Crippen LogP contribution >= 0.6 is 0 Å². The van der Waals surface area contributed by atoms with Crippen LogP contribution in [0, 0.1) is 0 Å². The molecule has 2 heterocycles. The van der Waals surface area contributed by atoms with Gasteiger partial charge >= 0.3 is 0 Å². The minimum Gasteiger partial charge on any atom is -0.496 e. The van der Waals surface area contributed by atoms with E-state index in [0.717, 1.165) is 27.8 Å². The normalized spacial score (nSPS) is 12.0. The van der Waals surface area contributed by atoms with Gasteiger partial charge in [0, 0.05) is 23.1 Å². The third-order valence-electron chi connectivity index (χ3n) is 5.26. The fourth-order valence-corrected chi connectivity index (χ4v) is 3.69. The lowest BCUT2D eigenvalue weighted by atomic mass is 10.0. The number of aromatic nitrogens is 1. The number of hydrogen-bond donors (Lipinski definition) is 1. The first-order valence-electron chi connectivity index (χ1n) is 9.93. The summed E-state index contributed by atoms with van der Waals surface area (Å²) in [5.74, 6) is 1.95. The molecule has 6 nitrogen and oxygen atoms in total. The molecule has 6 heteroatoms. The van der Waals surface area contributed by atoms with Crippen LogP contribution in [-0.4, -0.2) is 24.8 Å². The average Bonchev–Trinajstić information content (AvgIpc) is 3.30. The zero-order valence-electron chi connectivity index (χ0n) is 16.9. The molecule has 0 fully saturated rings. The summed E-state index contributed by atoms with van der Waals surface area (Å²) in [6.07, 6.45) is 0. The van der Waals surface area contributed by atoms with Crippen molar-refractivity contribution in [1.29, 1.82) is 0 Å². The Hall–Kier alpha value is -4.06. The summed E-state index contributed by atoms with van der Waals surface area (Å²) in [5.41, 5.74) is 3.77. The summed E-state index contributed by atoms with van der Waals surface area (Å²) in [5, 5.41) is 3.81. The lowest BCUT2D eigenvalue weighted by molar-refractivity contribution is 0.0952. The van der Waals surface area contributed by atoms with Gasteiger partial charge in [-0.25, -0.2) is 4.98 Å². The maximum absolute atomic E-state index is 13.2. The van der Waals surface area contributed by atoms with Crippen molar-refractivity contribution in [3.63, 3.8) is 0 Å². The molecular formula is C25H20N2O4. The number of para-hydroxylation sites is 2. The number of nitrogens with one attached hydrogen (secondary N) is 1. The zero-order valence-corrected chi connectivity index (χ0v) is 16.9. The Morgan fingerprint density at radius 3 is 2.71 bits per heavy atom. The molecule has 0 radical (unpaired) electrons. The monoisotopic (exact) mass is 412 g/mol. The summed E-state index contributed by atoms with van der Waals surface area (Å²) < 4.78 is 16.3. The highest BCUT2D eigenvalue weighted by Crippen LogP contribution is 2.36. The van der Waals surface area contributed by atoms with Gasteiger partial charge in [0.2, 0.25) is 6.79 Å². The number of nitrogens with zero attached hydrogens (tertiary/aromatic N) is 1. The molecule has 0 spiro atoms. The van der Waals surface area contributed by atoms with E-state index in [1.54, 1.807) is 7.11 Å².